The third-order valence-corrected chi connectivity index (χ3v) is 5.17. The molecule has 2 nitrogen and oxygen atoms in total. The first-order valence-electron chi connectivity index (χ1n) is 10.00. The highest BCUT2D eigenvalue weighted by Gasteiger charge is 2.19. The summed E-state index contributed by atoms with van der Waals surface area (Å²) >= 11 is 0. The summed E-state index contributed by atoms with van der Waals surface area (Å²) < 4.78 is 0. The lowest BCUT2D eigenvalue weighted by molar-refractivity contribution is 0.625. The zero-order valence-electron chi connectivity index (χ0n) is 17.0. The third-order valence-electron chi connectivity index (χ3n) is 5.17. The number of fused-ring (bicyclic) bond motifs is 1. The van der Waals surface area contributed by atoms with Crippen molar-refractivity contribution >= 4 is 11.3 Å². The van der Waals surface area contributed by atoms with Crippen LogP contribution in [0.25, 0.3) is 5.57 Å². The van der Waals surface area contributed by atoms with Crippen LogP contribution in [0.15, 0.2) is 78.4 Å². The first-order valence-corrected chi connectivity index (χ1v) is 10.00. The Kier molecular flexibility index (Phi) is 6.50. The number of hydrogen-bond donors (Lipinski definition) is 0. The molecule has 0 aliphatic carbocycles. The van der Waals surface area contributed by atoms with Gasteiger partial charge < -0.3 is 4.90 Å². The van der Waals surface area contributed by atoms with E-state index in [1.54, 1.807) is 6.08 Å². The van der Waals surface area contributed by atoms with Crippen molar-refractivity contribution in [2.24, 2.45) is 0 Å². The van der Waals surface area contributed by atoms with Gasteiger partial charge in [0.05, 0.1) is 6.07 Å². The highest BCUT2D eigenvalue weighted by atomic mass is 15.2. The van der Waals surface area contributed by atoms with Gasteiger partial charge in [-0.1, -0.05) is 54.6 Å². The number of rotatable bonds is 5. The van der Waals surface area contributed by atoms with Gasteiger partial charge in [0.1, 0.15) is 0 Å². The molecule has 0 amide bonds. The fourth-order valence-corrected chi connectivity index (χ4v) is 3.75. The summed E-state index contributed by atoms with van der Waals surface area (Å²) in [6.07, 6.45) is 10.1. The van der Waals surface area contributed by atoms with Crippen molar-refractivity contribution in [2.75, 3.05) is 11.4 Å². The molecule has 0 N–H and O–H groups in total. The minimum Gasteiger partial charge on any atom is -0.369 e. The van der Waals surface area contributed by atoms with Gasteiger partial charge in [0.2, 0.25) is 0 Å². The van der Waals surface area contributed by atoms with Crippen LogP contribution in [-0.4, -0.2) is 12.6 Å². The Morgan fingerprint density at radius 1 is 1.11 bits per heavy atom. The Bertz CT molecular complexity index is 940. The molecule has 1 aliphatic rings. The summed E-state index contributed by atoms with van der Waals surface area (Å²) in [6.45, 7) is 7.61. The molecular formula is C26H28N2. The van der Waals surface area contributed by atoms with E-state index in [-0.39, 0.29) is 0 Å². The Morgan fingerprint density at radius 3 is 2.61 bits per heavy atom. The van der Waals surface area contributed by atoms with E-state index < -0.39 is 0 Å². The molecule has 0 radical (unpaired) electrons. The summed E-state index contributed by atoms with van der Waals surface area (Å²) in [4.78, 5) is 2.50. The molecule has 3 rings (SSSR count). The molecule has 0 spiro atoms. The van der Waals surface area contributed by atoms with Gasteiger partial charge in [-0.2, -0.15) is 5.26 Å². The fourth-order valence-electron chi connectivity index (χ4n) is 3.75. The van der Waals surface area contributed by atoms with Crippen LogP contribution in [-0.2, 0) is 6.42 Å². The standard InChI is InChI=1S/C26H28N2/c1-20(2)28-18-8-12-24-19-23(14-15-26(24)28)25(22-10-5-4-6-11-22)13-7-9-21(3)16-17-27/h4-7,9-11,13-16,19-20H,8,12,18H2,1-3H3/b9-7+,21-16+,25-13+. The molecule has 142 valence electrons. The highest BCUT2D eigenvalue weighted by molar-refractivity contribution is 5.82. The van der Waals surface area contributed by atoms with Gasteiger partial charge in [0.25, 0.3) is 0 Å². The molecule has 2 aromatic carbocycles. The molecule has 2 aromatic rings. The third kappa shape index (κ3) is 4.61. The molecular weight excluding hydrogens is 340 g/mol. The average molecular weight is 369 g/mol. The SMILES string of the molecule is CC(/C=C/C=C(\c1ccccc1)c1ccc2c(c1)CCCN2C(C)C)=C\C#N. The van der Waals surface area contributed by atoms with E-state index in [0.29, 0.717) is 6.04 Å². The largest absolute Gasteiger partial charge is 0.369 e. The lowest BCUT2D eigenvalue weighted by Crippen LogP contribution is -2.35. The zero-order chi connectivity index (χ0) is 19.9. The second-order valence-corrected chi connectivity index (χ2v) is 7.56. The normalized spacial score (nSPS) is 15.0. The van der Waals surface area contributed by atoms with E-state index in [2.05, 4.69) is 73.4 Å². The van der Waals surface area contributed by atoms with Crippen molar-refractivity contribution in [3.8, 4) is 6.07 Å². The number of anilines is 1. The van der Waals surface area contributed by atoms with Crippen molar-refractivity contribution in [1.82, 2.24) is 0 Å². The lowest BCUT2D eigenvalue weighted by atomic mass is 9.92. The van der Waals surface area contributed by atoms with Crippen LogP contribution in [0.1, 0.15) is 43.9 Å². The number of nitriles is 1. The van der Waals surface area contributed by atoms with Crippen molar-refractivity contribution in [2.45, 2.75) is 39.7 Å². The van der Waals surface area contributed by atoms with E-state index >= 15 is 0 Å². The second-order valence-electron chi connectivity index (χ2n) is 7.56. The van der Waals surface area contributed by atoms with Crippen LogP contribution in [0.2, 0.25) is 0 Å². The van der Waals surface area contributed by atoms with Gasteiger partial charge in [-0.25, -0.2) is 0 Å². The van der Waals surface area contributed by atoms with Gasteiger partial charge in [-0.05, 0) is 73.6 Å². The maximum Gasteiger partial charge on any atom is 0.0914 e. The molecule has 2 heteroatoms. The van der Waals surface area contributed by atoms with Crippen molar-refractivity contribution in [1.29, 1.82) is 5.26 Å². The summed E-state index contributed by atoms with van der Waals surface area (Å²) in [6, 6.07) is 20.0. The predicted octanol–water partition coefficient (Wildman–Crippen LogP) is 6.31. The van der Waals surface area contributed by atoms with Gasteiger partial charge in [0, 0.05) is 24.4 Å². The van der Waals surface area contributed by atoms with Crippen molar-refractivity contribution in [3.05, 3.63) is 95.1 Å². The van der Waals surface area contributed by atoms with E-state index in [1.165, 1.54) is 34.4 Å². The number of nitrogens with zero attached hydrogens (tertiary/aromatic N) is 2. The smallest absolute Gasteiger partial charge is 0.0914 e. The molecule has 1 aliphatic heterocycles. The maximum absolute atomic E-state index is 8.79. The Labute approximate surface area is 169 Å². The van der Waals surface area contributed by atoms with Gasteiger partial charge in [0.15, 0.2) is 0 Å². The Balaban J connectivity index is 2.02. The number of hydrogen-bond acceptors (Lipinski definition) is 2. The van der Waals surface area contributed by atoms with E-state index in [9.17, 15) is 0 Å². The minimum atomic E-state index is 0.520. The molecule has 0 saturated carbocycles. The molecule has 0 saturated heterocycles. The molecule has 0 unspecified atom stereocenters. The van der Waals surface area contributed by atoms with Gasteiger partial charge in [-0.15, -0.1) is 0 Å². The van der Waals surface area contributed by atoms with Crippen LogP contribution in [0.3, 0.4) is 0 Å². The van der Waals surface area contributed by atoms with E-state index in [1.807, 2.05) is 25.1 Å². The van der Waals surface area contributed by atoms with Crippen molar-refractivity contribution in [3.63, 3.8) is 0 Å². The van der Waals surface area contributed by atoms with Gasteiger partial charge in [-0.3, -0.25) is 0 Å². The first-order chi connectivity index (χ1) is 13.6. The summed E-state index contributed by atoms with van der Waals surface area (Å²) in [7, 11) is 0. The van der Waals surface area contributed by atoms with Crippen LogP contribution in [0, 0.1) is 11.3 Å². The minimum absolute atomic E-state index is 0.520. The zero-order valence-corrected chi connectivity index (χ0v) is 17.0. The van der Waals surface area contributed by atoms with Crippen LogP contribution >= 0.6 is 0 Å². The average Bonchev–Trinajstić information content (AvgIpc) is 2.71. The molecule has 28 heavy (non-hydrogen) atoms. The van der Waals surface area contributed by atoms with Crippen LogP contribution in [0.5, 0.6) is 0 Å². The Morgan fingerprint density at radius 2 is 1.89 bits per heavy atom. The number of benzene rings is 2. The topological polar surface area (TPSA) is 27.0 Å². The maximum atomic E-state index is 8.79. The second kappa shape index (κ2) is 9.24. The quantitative estimate of drug-likeness (QED) is 0.457. The van der Waals surface area contributed by atoms with Crippen LogP contribution < -0.4 is 4.90 Å². The van der Waals surface area contributed by atoms with E-state index in [4.69, 9.17) is 5.26 Å². The molecule has 0 fully saturated rings. The highest BCUT2D eigenvalue weighted by Crippen LogP contribution is 2.33. The van der Waals surface area contributed by atoms with Crippen LogP contribution in [0.4, 0.5) is 5.69 Å². The molecule has 1 heterocycles. The van der Waals surface area contributed by atoms with E-state index in [0.717, 1.165) is 18.5 Å². The Hall–Kier alpha value is -3.05. The lowest BCUT2D eigenvalue weighted by Gasteiger charge is -2.35. The fraction of sp³-hybridized carbons (Fsp3) is 0.269. The monoisotopic (exact) mass is 368 g/mol. The summed E-state index contributed by atoms with van der Waals surface area (Å²) in [5.41, 5.74) is 7.40. The molecule has 0 bridgehead atoms. The van der Waals surface area contributed by atoms with Gasteiger partial charge >= 0.3 is 0 Å². The molecule has 0 atom stereocenters. The predicted molar refractivity (Wildman–Crippen MR) is 119 cm³/mol. The summed E-state index contributed by atoms with van der Waals surface area (Å²) in [5, 5.41) is 8.79. The van der Waals surface area contributed by atoms with Crippen molar-refractivity contribution < 1.29 is 0 Å². The summed E-state index contributed by atoms with van der Waals surface area (Å²) in [5.74, 6) is 0. The number of aryl methyl sites for hydroxylation is 1. The first kappa shape index (κ1) is 19.7. The molecule has 0 aromatic heterocycles. The number of allylic oxidation sites excluding steroid dienone is 5.